The van der Waals surface area contributed by atoms with Crippen LogP contribution in [0.3, 0.4) is 0 Å². The van der Waals surface area contributed by atoms with Crippen LogP contribution in [0.5, 0.6) is 0 Å². The van der Waals surface area contributed by atoms with Gasteiger partial charge in [-0.05, 0) is 37.6 Å². The van der Waals surface area contributed by atoms with Gasteiger partial charge in [-0.15, -0.1) is 11.3 Å². The molecule has 1 N–H and O–H groups in total. The topological polar surface area (TPSA) is 114 Å². The maximum atomic E-state index is 13.4. The number of carbonyl (C=O) groups excluding carboxylic acids is 2. The second-order valence-electron chi connectivity index (χ2n) is 5.98. The van der Waals surface area contributed by atoms with Crippen molar-refractivity contribution in [1.29, 1.82) is 5.26 Å². The summed E-state index contributed by atoms with van der Waals surface area (Å²) >= 11 is 0.925. The van der Waals surface area contributed by atoms with Crippen molar-refractivity contribution >= 4 is 39.1 Å². The fraction of sp³-hybridized carbons (Fsp3) is 0.211. The summed E-state index contributed by atoms with van der Waals surface area (Å²) in [4.78, 5) is 41.2. The molecule has 1 amide bonds. The van der Waals surface area contributed by atoms with Crippen LogP contribution in [0.4, 0.5) is 9.39 Å². The Bertz CT molecular complexity index is 1230. The van der Waals surface area contributed by atoms with E-state index in [1.807, 2.05) is 6.07 Å². The third-order valence-corrected chi connectivity index (χ3v) is 5.26. The quantitative estimate of drug-likeness (QED) is 0.642. The smallest absolute Gasteiger partial charge is 0.348 e. The van der Waals surface area contributed by atoms with Crippen LogP contribution < -0.4 is 10.9 Å². The zero-order valence-corrected chi connectivity index (χ0v) is 16.3. The van der Waals surface area contributed by atoms with Crippen LogP contribution in [0.2, 0.25) is 0 Å². The van der Waals surface area contributed by atoms with Crippen molar-refractivity contribution < 1.29 is 18.7 Å². The highest BCUT2D eigenvalue weighted by Gasteiger charge is 2.22. The number of rotatable bonds is 5. The second kappa shape index (κ2) is 8.20. The number of esters is 1. The van der Waals surface area contributed by atoms with Gasteiger partial charge < -0.3 is 10.1 Å². The van der Waals surface area contributed by atoms with Gasteiger partial charge in [0.15, 0.2) is 0 Å². The minimum absolute atomic E-state index is 0.0505. The largest absolute Gasteiger partial charge is 0.462 e. The van der Waals surface area contributed by atoms with E-state index < -0.39 is 29.8 Å². The standard InChI is InChI=1S/C19H15FN4O4S/c1-3-28-19(27)16-10(2)13(7-21)17(29-16)23-15(25)8-24-9-22-14-5-4-11(20)6-12(14)18(24)26/h4-6,9H,3,8H2,1-2H3,(H,23,25). The van der Waals surface area contributed by atoms with Gasteiger partial charge >= 0.3 is 5.97 Å². The highest BCUT2D eigenvalue weighted by Crippen LogP contribution is 2.33. The molecule has 0 unspecified atom stereocenters. The number of hydrogen-bond donors (Lipinski definition) is 1. The summed E-state index contributed by atoms with van der Waals surface area (Å²) in [7, 11) is 0. The molecule has 2 aromatic heterocycles. The Morgan fingerprint density at radius 2 is 2.17 bits per heavy atom. The van der Waals surface area contributed by atoms with E-state index >= 15 is 0 Å². The SMILES string of the molecule is CCOC(=O)c1sc(NC(=O)Cn2cnc3ccc(F)cc3c2=O)c(C#N)c1C. The fourth-order valence-corrected chi connectivity index (χ4v) is 3.76. The molecule has 3 aromatic rings. The van der Waals surface area contributed by atoms with Gasteiger partial charge in [0.25, 0.3) is 5.56 Å². The highest BCUT2D eigenvalue weighted by atomic mass is 32.1. The second-order valence-corrected chi connectivity index (χ2v) is 7.00. The van der Waals surface area contributed by atoms with Gasteiger partial charge in [0.2, 0.25) is 5.91 Å². The Morgan fingerprint density at radius 1 is 1.41 bits per heavy atom. The van der Waals surface area contributed by atoms with E-state index in [0.717, 1.165) is 22.0 Å². The molecule has 0 aliphatic heterocycles. The van der Waals surface area contributed by atoms with Gasteiger partial charge in [-0.2, -0.15) is 5.26 Å². The zero-order valence-electron chi connectivity index (χ0n) is 15.5. The number of fused-ring (bicyclic) bond motifs is 1. The summed E-state index contributed by atoms with van der Waals surface area (Å²) in [6, 6.07) is 5.58. The number of nitriles is 1. The maximum Gasteiger partial charge on any atom is 0.348 e. The van der Waals surface area contributed by atoms with E-state index in [-0.39, 0.29) is 27.4 Å². The van der Waals surface area contributed by atoms with Gasteiger partial charge in [-0.1, -0.05) is 0 Å². The molecule has 2 heterocycles. The van der Waals surface area contributed by atoms with Crippen LogP contribution in [-0.4, -0.2) is 28.0 Å². The lowest BCUT2D eigenvalue weighted by molar-refractivity contribution is -0.116. The molecule has 29 heavy (non-hydrogen) atoms. The molecular weight excluding hydrogens is 399 g/mol. The van der Waals surface area contributed by atoms with E-state index in [0.29, 0.717) is 11.1 Å². The predicted octanol–water partition coefficient (Wildman–Crippen LogP) is 2.59. The van der Waals surface area contributed by atoms with Gasteiger partial charge in [-0.25, -0.2) is 14.2 Å². The number of thiophene rings is 1. The van der Waals surface area contributed by atoms with Crippen LogP contribution in [0.1, 0.15) is 27.7 Å². The summed E-state index contributed by atoms with van der Waals surface area (Å²) in [5, 5.41) is 12.1. The number of aromatic nitrogens is 2. The van der Waals surface area contributed by atoms with E-state index in [9.17, 15) is 24.0 Å². The number of amides is 1. The summed E-state index contributed by atoms with van der Waals surface area (Å²) in [5.41, 5.74) is 0.302. The fourth-order valence-electron chi connectivity index (χ4n) is 2.69. The van der Waals surface area contributed by atoms with Crippen LogP contribution in [-0.2, 0) is 16.1 Å². The Morgan fingerprint density at radius 3 is 2.86 bits per heavy atom. The number of nitrogens with zero attached hydrogens (tertiary/aromatic N) is 3. The average molecular weight is 414 g/mol. The molecule has 0 saturated heterocycles. The first-order chi connectivity index (χ1) is 13.8. The van der Waals surface area contributed by atoms with Gasteiger partial charge in [0.1, 0.15) is 28.3 Å². The van der Waals surface area contributed by atoms with Crippen molar-refractivity contribution in [1.82, 2.24) is 9.55 Å². The summed E-state index contributed by atoms with van der Waals surface area (Å²) < 4.78 is 19.4. The summed E-state index contributed by atoms with van der Waals surface area (Å²) in [6.45, 7) is 3.03. The van der Waals surface area contributed by atoms with Crippen LogP contribution in [0.15, 0.2) is 29.3 Å². The predicted molar refractivity (Wildman–Crippen MR) is 104 cm³/mol. The molecular formula is C19H15FN4O4S. The van der Waals surface area contributed by atoms with E-state index in [2.05, 4.69) is 10.3 Å². The molecule has 3 rings (SSSR count). The number of carbonyl (C=O) groups is 2. The van der Waals surface area contributed by atoms with E-state index in [1.54, 1.807) is 13.8 Å². The molecule has 0 bridgehead atoms. The van der Waals surface area contributed by atoms with Crippen LogP contribution >= 0.6 is 11.3 Å². The third-order valence-electron chi connectivity index (χ3n) is 4.07. The Balaban J connectivity index is 1.87. The normalized spacial score (nSPS) is 10.6. The molecule has 0 aliphatic rings. The molecule has 0 radical (unpaired) electrons. The third kappa shape index (κ3) is 4.00. The van der Waals surface area contributed by atoms with Gasteiger partial charge in [0.05, 0.1) is 29.4 Å². The molecule has 0 aliphatic carbocycles. The lowest BCUT2D eigenvalue weighted by atomic mass is 10.2. The molecule has 0 fully saturated rings. The number of anilines is 1. The molecule has 8 nitrogen and oxygen atoms in total. The lowest BCUT2D eigenvalue weighted by Crippen LogP contribution is -2.28. The van der Waals surface area contributed by atoms with Gasteiger partial charge in [0, 0.05) is 0 Å². The van der Waals surface area contributed by atoms with E-state index in [4.69, 9.17) is 4.74 Å². The number of benzene rings is 1. The minimum Gasteiger partial charge on any atom is -0.462 e. The van der Waals surface area contributed by atoms with Crippen molar-refractivity contribution in [3.05, 3.63) is 56.7 Å². The number of hydrogen-bond acceptors (Lipinski definition) is 7. The number of ether oxygens (including phenoxy) is 1. The van der Waals surface area contributed by atoms with Crippen LogP contribution in [0, 0.1) is 24.1 Å². The number of halogens is 1. The molecule has 0 spiro atoms. The van der Waals surface area contributed by atoms with Gasteiger partial charge in [-0.3, -0.25) is 14.2 Å². The first-order valence-electron chi connectivity index (χ1n) is 8.50. The molecule has 148 valence electrons. The van der Waals surface area contributed by atoms with Crippen molar-refractivity contribution in [2.45, 2.75) is 20.4 Å². The molecule has 0 saturated carbocycles. The van der Waals surface area contributed by atoms with Crippen molar-refractivity contribution in [2.75, 3.05) is 11.9 Å². The minimum atomic E-state index is -0.599. The number of nitrogens with one attached hydrogen (secondary N) is 1. The maximum absolute atomic E-state index is 13.4. The summed E-state index contributed by atoms with van der Waals surface area (Å²) in [6.07, 6.45) is 1.19. The average Bonchev–Trinajstić information content (AvgIpc) is 2.99. The van der Waals surface area contributed by atoms with Crippen LogP contribution in [0.25, 0.3) is 10.9 Å². The Hall–Kier alpha value is -3.58. The monoisotopic (exact) mass is 414 g/mol. The summed E-state index contributed by atoms with van der Waals surface area (Å²) in [5.74, 6) is -1.76. The highest BCUT2D eigenvalue weighted by molar-refractivity contribution is 7.18. The Kier molecular flexibility index (Phi) is 5.70. The lowest BCUT2D eigenvalue weighted by Gasteiger charge is -2.07. The van der Waals surface area contributed by atoms with Crippen molar-refractivity contribution in [2.24, 2.45) is 0 Å². The molecule has 0 atom stereocenters. The molecule has 1 aromatic carbocycles. The Labute approximate surface area is 168 Å². The first kappa shape index (κ1) is 20.2. The first-order valence-corrected chi connectivity index (χ1v) is 9.32. The van der Waals surface area contributed by atoms with Crippen molar-refractivity contribution in [3.63, 3.8) is 0 Å². The zero-order chi connectivity index (χ0) is 21.1. The molecule has 10 heteroatoms. The van der Waals surface area contributed by atoms with E-state index in [1.165, 1.54) is 18.5 Å². The van der Waals surface area contributed by atoms with Crippen molar-refractivity contribution in [3.8, 4) is 6.07 Å².